The highest BCUT2D eigenvalue weighted by atomic mass is 16.5. The summed E-state index contributed by atoms with van der Waals surface area (Å²) in [7, 11) is 0. The summed E-state index contributed by atoms with van der Waals surface area (Å²) in [5.74, 6) is 0. The molecule has 3 nitrogen and oxygen atoms in total. The number of benzene rings is 1. The topological polar surface area (TPSA) is 38.5 Å². The standard InChI is InChI=1S/C18H30N2O/c1-6-11-20(13-14-7-9-15(19)10-8-14)16-12-17(2,3)21-18(16,4)5/h7-10,16H,6,11-13,19H2,1-5H3. The Kier molecular flexibility index (Phi) is 4.64. The number of anilines is 1. The number of hydrogen-bond donors (Lipinski definition) is 1. The zero-order chi connectivity index (χ0) is 15.7. The smallest absolute Gasteiger partial charge is 0.0789 e. The Hall–Kier alpha value is -1.06. The molecule has 1 atom stereocenters. The van der Waals surface area contributed by atoms with Crippen molar-refractivity contribution in [3.63, 3.8) is 0 Å². The molecule has 1 fully saturated rings. The summed E-state index contributed by atoms with van der Waals surface area (Å²) in [6.45, 7) is 13.1. The number of nitrogens with zero attached hydrogens (tertiary/aromatic N) is 1. The lowest BCUT2D eigenvalue weighted by atomic mass is 9.92. The molecule has 0 spiro atoms. The van der Waals surface area contributed by atoms with Crippen molar-refractivity contribution in [3.05, 3.63) is 29.8 Å². The van der Waals surface area contributed by atoms with Crippen LogP contribution in [0.4, 0.5) is 5.69 Å². The van der Waals surface area contributed by atoms with E-state index in [4.69, 9.17) is 10.5 Å². The number of nitrogens with two attached hydrogens (primary N) is 1. The monoisotopic (exact) mass is 290 g/mol. The lowest BCUT2D eigenvalue weighted by Gasteiger charge is -2.36. The van der Waals surface area contributed by atoms with Crippen molar-refractivity contribution in [1.82, 2.24) is 4.90 Å². The molecule has 0 aliphatic carbocycles. The highest BCUT2D eigenvalue weighted by Crippen LogP contribution is 2.40. The molecule has 1 aromatic rings. The molecule has 0 radical (unpaired) electrons. The van der Waals surface area contributed by atoms with Crippen molar-refractivity contribution in [2.75, 3.05) is 12.3 Å². The first-order valence-electron chi connectivity index (χ1n) is 8.02. The van der Waals surface area contributed by atoms with Crippen LogP contribution < -0.4 is 5.73 Å². The van der Waals surface area contributed by atoms with E-state index < -0.39 is 0 Å². The van der Waals surface area contributed by atoms with Gasteiger partial charge < -0.3 is 10.5 Å². The first-order valence-corrected chi connectivity index (χ1v) is 8.02. The van der Waals surface area contributed by atoms with E-state index in [1.165, 1.54) is 5.56 Å². The van der Waals surface area contributed by atoms with Gasteiger partial charge in [-0.1, -0.05) is 19.1 Å². The highest BCUT2D eigenvalue weighted by Gasteiger charge is 2.48. The van der Waals surface area contributed by atoms with Gasteiger partial charge in [0.1, 0.15) is 0 Å². The SMILES string of the molecule is CCCN(Cc1ccc(N)cc1)C1CC(C)(C)OC1(C)C. The van der Waals surface area contributed by atoms with Crippen molar-refractivity contribution in [1.29, 1.82) is 0 Å². The van der Waals surface area contributed by atoms with Crippen LogP contribution in [0.1, 0.15) is 53.0 Å². The minimum atomic E-state index is -0.105. The van der Waals surface area contributed by atoms with Crippen LogP contribution in [-0.2, 0) is 11.3 Å². The molecule has 1 aromatic carbocycles. The summed E-state index contributed by atoms with van der Waals surface area (Å²) in [5.41, 5.74) is 7.78. The Morgan fingerprint density at radius 1 is 1.19 bits per heavy atom. The third kappa shape index (κ3) is 3.98. The van der Waals surface area contributed by atoms with E-state index in [0.29, 0.717) is 6.04 Å². The minimum Gasteiger partial charge on any atom is -0.399 e. The van der Waals surface area contributed by atoms with Gasteiger partial charge in [-0.15, -0.1) is 0 Å². The summed E-state index contributed by atoms with van der Waals surface area (Å²) in [6.07, 6.45) is 2.23. The molecule has 1 aliphatic rings. The molecule has 0 amide bonds. The van der Waals surface area contributed by atoms with Gasteiger partial charge in [-0.05, 0) is 64.8 Å². The quantitative estimate of drug-likeness (QED) is 0.838. The second-order valence-corrected chi connectivity index (χ2v) is 7.40. The number of rotatable bonds is 5. The van der Waals surface area contributed by atoms with Crippen molar-refractivity contribution in [2.24, 2.45) is 0 Å². The lowest BCUT2D eigenvalue weighted by Crippen LogP contribution is -2.46. The molecular weight excluding hydrogens is 260 g/mol. The first-order chi connectivity index (χ1) is 9.73. The predicted octanol–water partition coefficient (Wildman–Crippen LogP) is 3.83. The molecular formula is C18H30N2O. The Balaban J connectivity index is 2.17. The third-order valence-corrected chi connectivity index (χ3v) is 4.34. The van der Waals surface area contributed by atoms with Gasteiger partial charge in [0, 0.05) is 18.3 Å². The van der Waals surface area contributed by atoms with Crippen LogP contribution in [0.15, 0.2) is 24.3 Å². The lowest BCUT2D eigenvalue weighted by molar-refractivity contribution is -0.0813. The van der Waals surface area contributed by atoms with Crippen molar-refractivity contribution < 1.29 is 4.74 Å². The summed E-state index contributed by atoms with van der Waals surface area (Å²) >= 11 is 0. The second kappa shape index (κ2) is 5.98. The predicted molar refractivity (Wildman–Crippen MR) is 89.2 cm³/mol. The third-order valence-electron chi connectivity index (χ3n) is 4.34. The van der Waals surface area contributed by atoms with Crippen molar-refractivity contribution in [3.8, 4) is 0 Å². The first kappa shape index (κ1) is 16.3. The van der Waals surface area contributed by atoms with E-state index in [1.807, 2.05) is 12.1 Å². The molecule has 2 rings (SSSR count). The number of hydrogen-bond acceptors (Lipinski definition) is 3. The largest absolute Gasteiger partial charge is 0.399 e. The Morgan fingerprint density at radius 3 is 2.29 bits per heavy atom. The fourth-order valence-corrected chi connectivity index (χ4v) is 3.59. The molecule has 0 saturated carbocycles. The molecule has 1 unspecified atom stereocenters. The van der Waals surface area contributed by atoms with Crippen LogP contribution in [0.3, 0.4) is 0 Å². The van der Waals surface area contributed by atoms with E-state index in [9.17, 15) is 0 Å². The molecule has 1 aliphatic heterocycles. The van der Waals surface area contributed by atoms with Gasteiger partial charge in [0.2, 0.25) is 0 Å². The average molecular weight is 290 g/mol. The summed E-state index contributed by atoms with van der Waals surface area (Å²) in [6, 6.07) is 8.68. The maximum absolute atomic E-state index is 6.27. The van der Waals surface area contributed by atoms with Crippen molar-refractivity contribution in [2.45, 2.75) is 71.2 Å². The van der Waals surface area contributed by atoms with Crippen LogP contribution in [0, 0.1) is 0 Å². The van der Waals surface area contributed by atoms with E-state index in [-0.39, 0.29) is 11.2 Å². The van der Waals surface area contributed by atoms with E-state index >= 15 is 0 Å². The summed E-state index contributed by atoms with van der Waals surface area (Å²) < 4.78 is 6.27. The molecule has 1 heterocycles. The van der Waals surface area contributed by atoms with Crippen LogP contribution in [-0.4, -0.2) is 28.7 Å². The van der Waals surface area contributed by atoms with Crippen LogP contribution in [0.5, 0.6) is 0 Å². The van der Waals surface area contributed by atoms with Gasteiger partial charge in [-0.2, -0.15) is 0 Å². The molecule has 3 heteroatoms. The van der Waals surface area contributed by atoms with E-state index in [2.05, 4.69) is 51.7 Å². The number of nitrogen functional groups attached to an aromatic ring is 1. The van der Waals surface area contributed by atoms with Gasteiger partial charge >= 0.3 is 0 Å². The minimum absolute atomic E-state index is 0.0404. The Morgan fingerprint density at radius 2 is 1.81 bits per heavy atom. The Labute approximate surface area is 129 Å². The average Bonchev–Trinajstić information content (AvgIpc) is 2.59. The molecule has 1 saturated heterocycles. The van der Waals surface area contributed by atoms with E-state index in [0.717, 1.165) is 31.6 Å². The molecule has 0 bridgehead atoms. The van der Waals surface area contributed by atoms with Crippen LogP contribution in [0.2, 0.25) is 0 Å². The number of ether oxygens (including phenoxy) is 1. The maximum atomic E-state index is 6.27. The zero-order valence-corrected chi connectivity index (χ0v) is 14.1. The zero-order valence-electron chi connectivity index (χ0n) is 14.1. The molecule has 21 heavy (non-hydrogen) atoms. The molecule has 0 aromatic heterocycles. The van der Waals surface area contributed by atoms with Gasteiger partial charge in [0.05, 0.1) is 11.2 Å². The van der Waals surface area contributed by atoms with Crippen LogP contribution in [0.25, 0.3) is 0 Å². The normalized spacial score (nSPS) is 23.6. The van der Waals surface area contributed by atoms with E-state index in [1.54, 1.807) is 0 Å². The highest BCUT2D eigenvalue weighted by molar-refractivity contribution is 5.39. The fourth-order valence-electron chi connectivity index (χ4n) is 3.59. The second-order valence-electron chi connectivity index (χ2n) is 7.40. The Bertz CT molecular complexity index is 465. The van der Waals surface area contributed by atoms with Gasteiger partial charge in [-0.3, -0.25) is 4.90 Å². The molecule has 2 N–H and O–H groups in total. The fraction of sp³-hybridized carbons (Fsp3) is 0.667. The van der Waals surface area contributed by atoms with Gasteiger partial charge in [0.25, 0.3) is 0 Å². The van der Waals surface area contributed by atoms with Crippen molar-refractivity contribution >= 4 is 5.69 Å². The molecule has 118 valence electrons. The van der Waals surface area contributed by atoms with Gasteiger partial charge in [-0.25, -0.2) is 0 Å². The summed E-state index contributed by atoms with van der Waals surface area (Å²) in [5, 5.41) is 0. The van der Waals surface area contributed by atoms with Gasteiger partial charge in [0.15, 0.2) is 0 Å². The van der Waals surface area contributed by atoms with Crippen LogP contribution >= 0.6 is 0 Å². The summed E-state index contributed by atoms with van der Waals surface area (Å²) in [4.78, 5) is 2.57. The maximum Gasteiger partial charge on any atom is 0.0789 e.